The standard InChI is InChI=1S/C20H18FN3OS/c1-12-11-26-19-9-17(16(21)8-15(12)19)23-6-7-24(20(23)25)18-10-22-5-4-14(18)13-2-3-13/h4-5,8-11,13H,2-3,6-7H2,1H3. The number of benzene rings is 1. The van der Waals surface area contributed by atoms with E-state index in [1.807, 2.05) is 18.4 Å². The molecule has 0 N–H and O–H groups in total. The van der Waals surface area contributed by atoms with Crippen LogP contribution in [0.25, 0.3) is 10.1 Å². The van der Waals surface area contributed by atoms with Crippen molar-refractivity contribution in [2.75, 3.05) is 22.9 Å². The summed E-state index contributed by atoms with van der Waals surface area (Å²) in [7, 11) is 0. The number of anilines is 2. The minimum absolute atomic E-state index is 0.175. The van der Waals surface area contributed by atoms with Gasteiger partial charge in [0.05, 0.1) is 17.6 Å². The van der Waals surface area contributed by atoms with Crippen LogP contribution in [-0.4, -0.2) is 24.1 Å². The molecule has 0 unspecified atom stereocenters. The van der Waals surface area contributed by atoms with Crippen molar-refractivity contribution >= 4 is 38.8 Å². The molecule has 2 fully saturated rings. The van der Waals surface area contributed by atoms with Crippen LogP contribution in [0.1, 0.15) is 29.9 Å². The van der Waals surface area contributed by atoms with Crippen molar-refractivity contribution < 1.29 is 9.18 Å². The highest BCUT2D eigenvalue weighted by Gasteiger charge is 2.36. The summed E-state index contributed by atoms with van der Waals surface area (Å²) in [4.78, 5) is 20.6. The zero-order valence-electron chi connectivity index (χ0n) is 14.4. The van der Waals surface area contributed by atoms with E-state index in [1.165, 1.54) is 5.56 Å². The topological polar surface area (TPSA) is 36.4 Å². The van der Waals surface area contributed by atoms with Gasteiger partial charge in [0.1, 0.15) is 5.82 Å². The predicted octanol–water partition coefficient (Wildman–Crippen LogP) is 5.07. The van der Waals surface area contributed by atoms with Crippen molar-refractivity contribution in [3.8, 4) is 0 Å². The molecule has 0 spiro atoms. The van der Waals surface area contributed by atoms with Gasteiger partial charge in [0, 0.05) is 24.0 Å². The van der Waals surface area contributed by atoms with E-state index in [0.717, 1.165) is 34.2 Å². The van der Waals surface area contributed by atoms with Crippen molar-refractivity contribution in [2.24, 2.45) is 0 Å². The molecule has 1 aromatic carbocycles. The summed E-state index contributed by atoms with van der Waals surface area (Å²) in [5.41, 5.74) is 3.48. The largest absolute Gasteiger partial charge is 0.329 e. The third-order valence-corrected chi connectivity index (χ3v) is 6.34. The monoisotopic (exact) mass is 367 g/mol. The van der Waals surface area contributed by atoms with Gasteiger partial charge >= 0.3 is 6.03 Å². The van der Waals surface area contributed by atoms with Crippen LogP contribution < -0.4 is 9.80 Å². The Morgan fingerprint density at radius 1 is 1.19 bits per heavy atom. The van der Waals surface area contributed by atoms with Crippen LogP contribution in [0.2, 0.25) is 0 Å². The Kier molecular flexibility index (Phi) is 3.50. The molecule has 3 aromatic rings. The fraction of sp³-hybridized carbons (Fsp3) is 0.300. The van der Waals surface area contributed by atoms with Gasteiger partial charge in [0.25, 0.3) is 0 Å². The molecule has 2 aliphatic rings. The van der Waals surface area contributed by atoms with Gasteiger partial charge in [-0.15, -0.1) is 11.3 Å². The average molecular weight is 367 g/mol. The van der Waals surface area contributed by atoms with Gasteiger partial charge < -0.3 is 0 Å². The molecule has 0 atom stereocenters. The fourth-order valence-corrected chi connectivity index (χ4v) is 4.67. The van der Waals surface area contributed by atoms with Crippen LogP contribution in [0.4, 0.5) is 20.6 Å². The molecule has 2 amide bonds. The molecule has 2 aromatic heterocycles. The molecule has 132 valence electrons. The number of carbonyl (C=O) groups is 1. The maximum absolute atomic E-state index is 14.7. The Labute approximate surface area is 154 Å². The Balaban J connectivity index is 1.51. The van der Waals surface area contributed by atoms with Crippen molar-refractivity contribution in [3.05, 3.63) is 52.9 Å². The Morgan fingerprint density at radius 3 is 2.73 bits per heavy atom. The number of hydrogen-bond donors (Lipinski definition) is 0. The molecule has 0 radical (unpaired) electrons. The number of nitrogens with zero attached hydrogens (tertiary/aromatic N) is 3. The molecule has 1 saturated carbocycles. The lowest BCUT2D eigenvalue weighted by Crippen LogP contribution is -2.32. The summed E-state index contributed by atoms with van der Waals surface area (Å²) in [5, 5.41) is 2.94. The second-order valence-electron chi connectivity index (χ2n) is 7.01. The number of rotatable bonds is 3. The van der Waals surface area contributed by atoms with Crippen molar-refractivity contribution in [1.29, 1.82) is 0 Å². The summed E-state index contributed by atoms with van der Waals surface area (Å²) in [5.74, 6) is 0.180. The first-order valence-corrected chi connectivity index (χ1v) is 9.72. The number of carbonyl (C=O) groups excluding carboxylic acids is 1. The SMILES string of the molecule is Cc1csc2cc(N3CCN(c4cnccc4C4CC4)C3=O)c(F)cc12. The Hall–Kier alpha value is -2.47. The van der Waals surface area contributed by atoms with E-state index in [-0.39, 0.29) is 11.8 Å². The van der Waals surface area contributed by atoms with Crippen molar-refractivity contribution in [2.45, 2.75) is 25.7 Å². The van der Waals surface area contributed by atoms with Gasteiger partial charge in [-0.2, -0.15) is 0 Å². The van der Waals surface area contributed by atoms with E-state index in [2.05, 4.69) is 4.98 Å². The lowest BCUT2D eigenvalue weighted by molar-refractivity contribution is 0.255. The molecule has 1 aliphatic heterocycles. The quantitative estimate of drug-likeness (QED) is 0.648. The summed E-state index contributed by atoms with van der Waals surface area (Å²) in [6.07, 6.45) is 5.86. The van der Waals surface area contributed by atoms with Crippen LogP contribution in [0.15, 0.2) is 36.0 Å². The number of pyridine rings is 1. The number of urea groups is 1. The first-order chi connectivity index (χ1) is 12.6. The first kappa shape index (κ1) is 15.8. The molecular formula is C20H18FN3OS. The maximum atomic E-state index is 14.7. The minimum Gasteiger partial charge on any atom is -0.290 e. The third-order valence-electron chi connectivity index (χ3n) is 5.28. The number of hydrogen-bond acceptors (Lipinski definition) is 3. The smallest absolute Gasteiger partial charge is 0.290 e. The molecule has 1 saturated heterocycles. The summed E-state index contributed by atoms with van der Waals surface area (Å²) >= 11 is 1.58. The zero-order chi connectivity index (χ0) is 17.8. The minimum atomic E-state index is -0.345. The van der Waals surface area contributed by atoms with Gasteiger partial charge in [0.15, 0.2) is 0 Å². The second kappa shape index (κ2) is 5.77. The van der Waals surface area contributed by atoms with E-state index in [9.17, 15) is 9.18 Å². The molecule has 6 heteroatoms. The predicted molar refractivity (Wildman–Crippen MR) is 103 cm³/mol. The van der Waals surface area contributed by atoms with Crippen LogP contribution in [0, 0.1) is 12.7 Å². The summed E-state index contributed by atoms with van der Waals surface area (Å²) < 4.78 is 15.7. The van der Waals surface area contributed by atoms with Gasteiger partial charge in [-0.3, -0.25) is 14.8 Å². The van der Waals surface area contributed by atoms with Crippen LogP contribution in [-0.2, 0) is 0 Å². The highest BCUT2D eigenvalue weighted by molar-refractivity contribution is 7.17. The number of halogens is 1. The summed E-state index contributed by atoms with van der Waals surface area (Å²) in [6, 6.07) is 5.18. The third kappa shape index (κ3) is 2.40. The highest BCUT2D eigenvalue weighted by atomic mass is 32.1. The number of aryl methyl sites for hydroxylation is 1. The second-order valence-corrected chi connectivity index (χ2v) is 7.92. The number of fused-ring (bicyclic) bond motifs is 1. The molecule has 4 nitrogen and oxygen atoms in total. The van der Waals surface area contributed by atoms with E-state index in [1.54, 1.807) is 45.7 Å². The zero-order valence-corrected chi connectivity index (χ0v) is 15.2. The molecular weight excluding hydrogens is 349 g/mol. The molecule has 0 bridgehead atoms. The van der Waals surface area contributed by atoms with Crippen molar-refractivity contribution in [1.82, 2.24) is 4.98 Å². The maximum Gasteiger partial charge on any atom is 0.329 e. The first-order valence-electron chi connectivity index (χ1n) is 8.84. The molecule has 1 aliphatic carbocycles. The van der Waals surface area contributed by atoms with E-state index in [0.29, 0.717) is 24.7 Å². The number of thiophene rings is 1. The molecule has 26 heavy (non-hydrogen) atoms. The van der Waals surface area contributed by atoms with E-state index in [4.69, 9.17) is 0 Å². The lowest BCUT2D eigenvalue weighted by atomic mass is 10.1. The van der Waals surface area contributed by atoms with Gasteiger partial charge in [-0.05, 0) is 65.8 Å². The molecule has 3 heterocycles. The molecule has 5 rings (SSSR count). The van der Waals surface area contributed by atoms with Gasteiger partial charge in [0.2, 0.25) is 0 Å². The average Bonchev–Trinajstić information content (AvgIpc) is 3.35. The number of aromatic nitrogens is 1. The van der Waals surface area contributed by atoms with E-state index >= 15 is 0 Å². The van der Waals surface area contributed by atoms with Crippen LogP contribution >= 0.6 is 11.3 Å². The van der Waals surface area contributed by atoms with Gasteiger partial charge in [-0.25, -0.2) is 9.18 Å². The van der Waals surface area contributed by atoms with E-state index < -0.39 is 0 Å². The van der Waals surface area contributed by atoms with Crippen molar-refractivity contribution in [3.63, 3.8) is 0 Å². The highest BCUT2D eigenvalue weighted by Crippen LogP contribution is 2.45. The van der Waals surface area contributed by atoms with Gasteiger partial charge in [-0.1, -0.05) is 0 Å². The Bertz CT molecular complexity index is 1030. The fourth-order valence-electron chi connectivity index (χ4n) is 3.72. The van der Waals surface area contributed by atoms with Crippen LogP contribution in [0.3, 0.4) is 0 Å². The lowest BCUT2D eigenvalue weighted by Gasteiger charge is -2.21. The summed E-state index contributed by atoms with van der Waals surface area (Å²) in [6.45, 7) is 3.00. The number of amides is 2. The van der Waals surface area contributed by atoms with Crippen LogP contribution in [0.5, 0.6) is 0 Å². The normalized spacial score (nSPS) is 17.5. The Morgan fingerprint density at radius 2 is 1.96 bits per heavy atom.